The van der Waals surface area contributed by atoms with Gasteiger partial charge in [-0.15, -0.1) is 6.07 Å². The van der Waals surface area contributed by atoms with Gasteiger partial charge in [-0.3, -0.25) is 20.2 Å². The summed E-state index contributed by atoms with van der Waals surface area (Å²) in [5.74, 6) is 0. The quantitative estimate of drug-likeness (QED) is 0.0677. The van der Waals surface area contributed by atoms with Crippen molar-refractivity contribution in [3.8, 4) is 0 Å². The van der Waals surface area contributed by atoms with Crippen LogP contribution in [-0.4, -0.2) is 9.85 Å². The molecule has 0 aliphatic carbocycles. The molecule has 0 N–H and O–H groups in total. The normalized spacial score (nSPS) is 9.54. The molecule has 6 nitrogen and oxygen atoms in total. The summed E-state index contributed by atoms with van der Waals surface area (Å²) in [6.07, 6.45) is 0.595. The SMILES string of the molecule is O=[N+]([O-])c1ccc(Cc2cccc(Cl)c2Cl)cc1.O=[N+]([O-])c1ccc(I)cc1.[CH2-]c1cccc(Cl)c1Cl.[Cl][Zn+]. The van der Waals surface area contributed by atoms with Gasteiger partial charge in [-0.25, -0.2) is 0 Å². The van der Waals surface area contributed by atoms with Gasteiger partial charge in [-0.05, 0) is 63.4 Å². The molecular weight excluding hydrogens is 774 g/mol. The summed E-state index contributed by atoms with van der Waals surface area (Å²) in [5, 5.41) is 22.8. The van der Waals surface area contributed by atoms with E-state index in [4.69, 9.17) is 56.1 Å². The number of nitrogens with zero attached hydrogens (tertiary/aromatic N) is 2. The standard InChI is InChI=1S/C13H9Cl2NO2.C7H5Cl2.C6H4INO2.ClH.Zn/c14-12-3-1-2-10(13(12)15)8-9-4-6-11(7-5-9)16(17)18;1-5-3-2-4-6(8)7(5)9;7-5-1-3-6(4-2-5)8(9)10;;/h1-7H,8H2;2-4H,1H2;1-4H;1H;/q;-1;;;+2/p-1. The van der Waals surface area contributed by atoms with E-state index in [-0.39, 0.29) is 11.4 Å². The molecule has 0 amide bonds. The molecular formula is C26H18Cl5IN2O4Zn. The fourth-order valence-corrected chi connectivity index (χ4v) is 3.82. The van der Waals surface area contributed by atoms with Crippen LogP contribution in [0.5, 0.6) is 0 Å². The molecule has 0 bridgehead atoms. The molecule has 200 valence electrons. The maximum absolute atomic E-state index is 10.5. The van der Waals surface area contributed by atoms with Crippen LogP contribution in [0.3, 0.4) is 0 Å². The topological polar surface area (TPSA) is 86.3 Å². The Morgan fingerprint density at radius 3 is 1.56 bits per heavy atom. The van der Waals surface area contributed by atoms with Gasteiger partial charge in [0.1, 0.15) is 0 Å². The molecule has 39 heavy (non-hydrogen) atoms. The van der Waals surface area contributed by atoms with E-state index in [1.54, 1.807) is 36.4 Å². The first-order chi connectivity index (χ1) is 18.5. The van der Waals surface area contributed by atoms with Gasteiger partial charge in [0.05, 0.1) is 19.9 Å². The van der Waals surface area contributed by atoms with Crippen molar-refractivity contribution in [1.82, 2.24) is 0 Å². The van der Waals surface area contributed by atoms with Gasteiger partial charge < -0.3 is 0 Å². The molecule has 13 heteroatoms. The van der Waals surface area contributed by atoms with Crippen LogP contribution >= 0.6 is 78.7 Å². The van der Waals surface area contributed by atoms with E-state index in [1.807, 2.05) is 24.3 Å². The van der Waals surface area contributed by atoms with Gasteiger partial charge in [-0.2, -0.15) is 30.2 Å². The van der Waals surface area contributed by atoms with E-state index in [1.165, 1.54) is 24.3 Å². The van der Waals surface area contributed by atoms with E-state index in [0.717, 1.165) is 37.6 Å². The number of hydrogen-bond donors (Lipinski definition) is 0. The van der Waals surface area contributed by atoms with E-state index < -0.39 is 9.85 Å². The fourth-order valence-electron chi connectivity index (χ4n) is 2.75. The number of rotatable bonds is 4. The summed E-state index contributed by atoms with van der Waals surface area (Å²) in [6, 6.07) is 23.6. The monoisotopic (exact) mass is 788 g/mol. The minimum atomic E-state index is -0.420. The molecule has 4 rings (SSSR count). The first kappa shape index (κ1) is 35.4. The summed E-state index contributed by atoms with van der Waals surface area (Å²) in [5.41, 5.74) is 2.84. The first-order valence-corrected chi connectivity index (χ1v) is 17.1. The number of non-ortho nitro benzene ring substituents is 2. The average Bonchev–Trinajstić information content (AvgIpc) is 2.92. The third kappa shape index (κ3) is 12.6. The van der Waals surface area contributed by atoms with Gasteiger partial charge in [0.25, 0.3) is 11.4 Å². The second-order valence-electron chi connectivity index (χ2n) is 7.26. The molecule has 0 fully saturated rings. The van der Waals surface area contributed by atoms with Gasteiger partial charge in [0, 0.05) is 32.9 Å². The maximum atomic E-state index is 10.5. The van der Waals surface area contributed by atoms with Crippen molar-refractivity contribution in [3.63, 3.8) is 0 Å². The van der Waals surface area contributed by atoms with Crippen molar-refractivity contribution >= 4 is 90.1 Å². The Balaban J connectivity index is 0.000000307. The minimum absolute atomic E-state index is 0.0796. The Hall–Kier alpha value is -1.65. The van der Waals surface area contributed by atoms with Gasteiger partial charge in [-0.1, -0.05) is 65.1 Å². The Labute approximate surface area is 273 Å². The molecule has 0 aliphatic heterocycles. The molecule has 0 aromatic heterocycles. The number of nitro benzene ring substituents is 2. The zero-order valence-electron chi connectivity index (χ0n) is 20.0. The molecule has 0 spiro atoms. The molecule has 0 saturated heterocycles. The van der Waals surface area contributed by atoms with Crippen LogP contribution in [0.4, 0.5) is 11.4 Å². The molecule has 4 aromatic rings. The predicted octanol–water partition coefficient (Wildman–Crippen LogP) is 10.6. The average molecular weight is 792 g/mol. The summed E-state index contributed by atoms with van der Waals surface area (Å²) < 4.78 is 1.00. The van der Waals surface area contributed by atoms with Gasteiger partial charge in [0.2, 0.25) is 0 Å². The third-order valence-corrected chi connectivity index (χ3v) is 7.08. The number of benzene rings is 4. The van der Waals surface area contributed by atoms with Crippen molar-refractivity contribution in [2.24, 2.45) is 0 Å². The van der Waals surface area contributed by atoms with E-state index in [0.29, 0.717) is 26.5 Å². The van der Waals surface area contributed by atoms with Crippen molar-refractivity contribution in [3.05, 3.63) is 152 Å². The van der Waals surface area contributed by atoms with Crippen LogP contribution < -0.4 is 0 Å². The summed E-state index contributed by atoms with van der Waals surface area (Å²) in [7, 11) is 4.76. The molecule has 0 saturated carbocycles. The van der Waals surface area contributed by atoms with Crippen molar-refractivity contribution in [2.45, 2.75) is 6.42 Å². The van der Waals surface area contributed by atoms with Crippen LogP contribution in [0.15, 0.2) is 84.9 Å². The van der Waals surface area contributed by atoms with Crippen LogP contribution in [0.2, 0.25) is 20.1 Å². The first-order valence-electron chi connectivity index (χ1n) is 10.6. The van der Waals surface area contributed by atoms with Crippen LogP contribution in [-0.2, 0) is 23.7 Å². The Bertz CT molecular complexity index is 1360. The second kappa shape index (κ2) is 18.7. The second-order valence-corrected chi connectivity index (χ2v) is 10.1. The van der Waals surface area contributed by atoms with Crippen LogP contribution in [0.1, 0.15) is 16.7 Å². The van der Waals surface area contributed by atoms with E-state index >= 15 is 0 Å². The Morgan fingerprint density at radius 1 is 0.692 bits per heavy atom. The number of hydrogen-bond acceptors (Lipinski definition) is 4. The predicted molar refractivity (Wildman–Crippen MR) is 165 cm³/mol. The van der Waals surface area contributed by atoms with Crippen molar-refractivity contribution < 1.29 is 27.2 Å². The molecule has 0 unspecified atom stereocenters. The van der Waals surface area contributed by atoms with E-state index in [2.05, 4.69) is 29.5 Å². The Morgan fingerprint density at radius 2 is 1.13 bits per heavy atom. The van der Waals surface area contributed by atoms with Gasteiger partial charge >= 0.3 is 27.0 Å². The molecule has 0 heterocycles. The summed E-state index contributed by atoms with van der Waals surface area (Å²) in [6.45, 7) is 3.66. The zero-order chi connectivity index (χ0) is 29.5. The zero-order valence-corrected chi connectivity index (χ0v) is 28.9. The van der Waals surface area contributed by atoms with Crippen LogP contribution in [0.25, 0.3) is 0 Å². The van der Waals surface area contributed by atoms with Crippen molar-refractivity contribution in [2.75, 3.05) is 0 Å². The summed E-state index contributed by atoms with van der Waals surface area (Å²) >= 11 is 26.3. The van der Waals surface area contributed by atoms with Gasteiger partial charge in [0.15, 0.2) is 0 Å². The van der Waals surface area contributed by atoms with E-state index in [9.17, 15) is 20.2 Å². The third-order valence-electron chi connectivity index (χ3n) is 4.64. The molecule has 0 radical (unpaired) electrons. The van der Waals surface area contributed by atoms with Crippen LogP contribution in [0, 0.1) is 30.7 Å². The fraction of sp³-hybridized carbons (Fsp3) is 0.0385. The summed E-state index contributed by atoms with van der Waals surface area (Å²) in [4.78, 5) is 19.8. The molecule has 4 aromatic carbocycles. The Kier molecular flexibility index (Phi) is 16.9. The molecule has 0 atom stereocenters. The molecule has 0 aliphatic rings. The number of halogens is 6. The number of nitro groups is 2. The van der Waals surface area contributed by atoms with Crippen molar-refractivity contribution in [1.29, 1.82) is 0 Å².